The third kappa shape index (κ3) is 3.88. The Morgan fingerprint density at radius 2 is 1.96 bits per heavy atom. The second-order valence-corrected chi connectivity index (χ2v) is 5.69. The highest BCUT2D eigenvalue weighted by Gasteiger charge is 2.26. The molecule has 2 aromatic carbocycles. The van der Waals surface area contributed by atoms with Crippen LogP contribution in [0.1, 0.15) is 18.9 Å². The summed E-state index contributed by atoms with van der Waals surface area (Å²) in [6.45, 7) is 1.61. The second-order valence-electron chi connectivity index (χ2n) is 5.69. The van der Waals surface area contributed by atoms with Crippen molar-refractivity contribution in [2.24, 2.45) is 5.10 Å². The van der Waals surface area contributed by atoms with Crippen molar-refractivity contribution in [3.8, 4) is 5.75 Å². The Labute approximate surface area is 150 Å². The van der Waals surface area contributed by atoms with E-state index in [9.17, 15) is 14.0 Å². The van der Waals surface area contributed by atoms with E-state index in [2.05, 4.69) is 10.5 Å². The van der Waals surface area contributed by atoms with Crippen molar-refractivity contribution in [3.05, 3.63) is 59.9 Å². The fourth-order valence-electron chi connectivity index (χ4n) is 2.63. The maximum absolute atomic E-state index is 13.0. The van der Waals surface area contributed by atoms with Gasteiger partial charge in [-0.15, -0.1) is 0 Å². The number of hydrazone groups is 1. The molecule has 26 heavy (non-hydrogen) atoms. The fraction of sp³-hybridized carbons (Fsp3) is 0.211. The number of benzene rings is 2. The molecule has 3 rings (SSSR count). The van der Waals surface area contributed by atoms with Gasteiger partial charge in [-0.05, 0) is 36.2 Å². The maximum atomic E-state index is 13.0. The first-order valence-electron chi connectivity index (χ1n) is 8.22. The average molecular weight is 355 g/mol. The molecule has 0 aliphatic carbocycles. The van der Waals surface area contributed by atoms with E-state index in [1.807, 2.05) is 6.92 Å². The highest BCUT2D eigenvalue weighted by atomic mass is 19.1. The van der Waals surface area contributed by atoms with Gasteiger partial charge in [0.1, 0.15) is 18.1 Å². The normalized spacial score (nSPS) is 13.8. The number of carbonyl (C=O) groups excluding carboxylic acids is 2. The summed E-state index contributed by atoms with van der Waals surface area (Å²) in [4.78, 5) is 25.7. The molecule has 134 valence electrons. The quantitative estimate of drug-likeness (QED) is 0.662. The van der Waals surface area contributed by atoms with Crippen LogP contribution in [0.5, 0.6) is 5.75 Å². The fourth-order valence-corrected chi connectivity index (χ4v) is 2.63. The lowest BCUT2D eigenvalue weighted by molar-refractivity contribution is -0.125. The largest absolute Gasteiger partial charge is 0.482 e. The van der Waals surface area contributed by atoms with E-state index >= 15 is 0 Å². The third-order valence-electron chi connectivity index (χ3n) is 3.94. The number of fused-ring (bicyclic) bond motifs is 1. The Hall–Kier alpha value is -3.22. The Morgan fingerprint density at radius 3 is 2.69 bits per heavy atom. The van der Waals surface area contributed by atoms with Crippen molar-refractivity contribution in [3.63, 3.8) is 0 Å². The first-order valence-corrected chi connectivity index (χ1v) is 8.22. The molecule has 0 bridgehead atoms. The molecule has 1 heterocycles. The standard InChI is InChI=1S/C19H18FN3O3/c1-2-15(13-7-9-14(20)10-8-13)21-22-18(24)11-23-16-5-3-4-6-17(16)26-12-19(23)25/h3-10H,2,11-12H2,1H3,(H,22,24)/b21-15-. The number of halogens is 1. The lowest BCUT2D eigenvalue weighted by Crippen LogP contribution is -2.44. The number of anilines is 1. The van der Waals surface area contributed by atoms with Crippen molar-refractivity contribution in [2.75, 3.05) is 18.1 Å². The minimum Gasteiger partial charge on any atom is -0.482 e. The molecule has 6 nitrogen and oxygen atoms in total. The molecular weight excluding hydrogens is 337 g/mol. The van der Waals surface area contributed by atoms with Gasteiger partial charge in [0.2, 0.25) is 0 Å². The van der Waals surface area contributed by atoms with E-state index in [0.717, 1.165) is 5.56 Å². The van der Waals surface area contributed by atoms with Gasteiger partial charge in [0.15, 0.2) is 6.61 Å². The molecule has 0 fully saturated rings. The van der Waals surface area contributed by atoms with Gasteiger partial charge < -0.3 is 4.74 Å². The number of hydrogen-bond donors (Lipinski definition) is 1. The number of nitrogens with zero attached hydrogens (tertiary/aromatic N) is 2. The minimum absolute atomic E-state index is 0.108. The third-order valence-corrected chi connectivity index (χ3v) is 3.94. The molecule has 1 aliphatic rings. The van der Waals surface area contributed by atoms with Crippen LogP contribution in [0.25, 0.3) is 0 Å². The highest BCUT2D eigenvalue weighted by molar-refractivity contribution is 6.03. The van der Waals surface area contributed by atoms with E-state index in [1.165, 1.54) is 17.0 Å². The minimum atomic E-state index is -0.428. The predicted molar refractivity (Wildman–Crippen MR) is 95.7 cm³/mol. The summed E-state index contributed by atoms with van der Waals surface area (Å²) in [5, 5.41) is 4.11. The Balaban J connectivity index is 1.70. The Kier molecular flexibility index (Phi) is 5.26. The van der Waals surface area contributed by atoms with Gasteiger partial charge in [-0.1, -0.05) is 31.2 Å². The molecule has 0 aromatic heterocycles. The van der Waals surface area contributed by atoms with Crippen LogP contribution in [0.3, 0.4) is 0 Å². The van der Waals surface area contributed by atoms with Crippen molar-refractivity contribution in [2.45, 2.75) is 13.3 Å². The first-order chi connectivity index (χ1) is 12.6. The maximum Gasteiger partial charge on any atom is 0.265 e. The number of nitrogens with one attached hydrogen (secondary N) is 1. The summed E-state index contributed by atoms with van der Waals surface area (Å²) in [6.07, 6.45) is 0.561. The van der Waals surface area contributed by atoms with E-state index in [1.54, 1.807) is 36.4 Å². The second kappa shape index (κ2) is 7.77. The van der Waals surface area contributed by atoms with Crippen LogP contribution in [0.15, 0.2) is 53.6 Å². The van der Waals surface area contributed by atoms with E-state index in [0.29, 0.717) is 23.6 Å². The number of hydrogen-bond acceptors (Lipinski definition) is 4. The van der Waals surface area contributed by atoms with Crippen molar-refractivity contribution in [1.82, 2.24) is 5.43 Å². The van der Waals surface area contributed by atoms with Crippen LogP contribution in [-0.4, -0.2) is 30.7 Å². The topological polar surface area (TPSA) is 71.0 Å². The lowest BCUT2D eigenvalue weighted by atomic mass is 10.1. The predicted octanol–water partition coefficient (Wildman–Crippen LogP) is 2.48. The van der Waals surface area contributed by atoms with E-state index < -0.39 is 5.91 Å². The molecule has 0 radical (unpaired) electrons. The summed E-state index contributed by atoms with van der Waals surface area (Å²) in [7, 11) is 0. The SMILES string of the molecule is CC/C(=N/NC(=O)CN1C(=O)COc2ccccc21)c1ccc(F)cc1. The molecule has 0 spiro atoms. The first kappa shape index (κ1) is 17.6. The molecule has 2 amide bonds. The van der Waals surface area contributed by atoms with Crippen LogP contribution in [-0.2, 0) is 9.59 Å². The zero-order chi connectivity index (χ0) is 18.5. The summed E-state index contributed by atoms with van der Waals surface area (Å²) < 4.78 is 18.4. The summed E-state index contributed by atoms with van der Waals surface area (Å²) in [5.74, 6) is -0.498. The van der Waals surface area contributed by atoms with Gasteiger partial charge in [-0.25, -0.2) is 9.82 Å². The molecule has 0 saturated heterocycles. The van der Waals surface area contributed by atoms with Crippen LogP contribution in [0, 0.1) is 5.82 Å². The summed E-state index contributed by atoms with van der Waals surface area (Å²) in [5.41, 5.74) is 4.36. The van der Waals surface area contributed by atoms with E-state index in [4.69, 9.17) is 4.74 Å². The number of rotatable bonds is 5. The number of amides is 2. The average Bonchev–Trinajstić information content (AvgIpc) is 2.66. The van der Waals surface area contributed by atoms with Crippen molar-refractivity contribution >= 4 is 23.2 Å². The molecule has 1 N–H and O–H groups in total. The van der Waals surface area contributed by atoms with Crippen LogP contribution in [0.4, 0.5) is 10.1 Å². The zero-order valence-electron chi connectivity index (χ0n) is 14.2. The van der Waals surface area contributed by atoms with Gasteiger partial charge in [0.05, 0.1) is 11.4 Å². The number of carbonyl (C=O) groups is 2. The molecule has 0 saturated carbocycles. The summed E-state index contributed by atoms with van der Waals surface area (Å²) in [6, 6.07) is 12.9. The van der Waals surface area contributed by atoms with Gasteiger partial charge >= 0.3 is 0 Å². The van der Waals surface area contributed by atoms with Crippen LogP contribution in [0.2, 0.25) is 0 Å². The Morgan fingerprint density at radius 1 is 1.23 bits per heavy atom. The number of ether oxygens (including phenoxy) is 1. The number of para-hydroxylation sites is 2. The smallest absolute Gasteiger partial charge is 0.265 e. The van der Waals surface area contributed by atoms with Gasteiger partial charge in [-0.3, -0.25) is 14.5 Å². The van der Waals surface area contributed by atoms with Crippen molar-refractivity contribution in [1.29, 1.82) is 0 Å². The van der Waals surface area contributed by atoms with Crippen LogP contribution >= 0.6 is 0 Å². The zero-order valence-corrected chi connectivity index (χ0v) is 14.2. The van der Waals surface area contributed by atoms with Crippen LogP contribution < -0.4 is 15.1 Å². The Bertz CT molecular complexity index is 849. The molecular formula is C19H18FN3O3. The molecule has 0 unspecified atom stereocenters. The molecule has 2 aromatic rings. The van der Waals surface area contributed by atoms with Gasteiger partial charge in [-0.2, -0.15) is 5.10 Å². The monoisotopic (exact) mass is 355 g/mol. The van der Waals surface area contributed by atoms with E-state index in [-0.39, 0.29) is 24.9 Å². The molecule has 7 heteroatoms. The van der Waals surface area contributed by atoms with Gasteiger partial charge in [0.25, 0.3) is 11.8 Å². The summed E-state index contributed by atoms with van der Waals surface area (Å²) >= 11 is 0. The highest BCUT2D eigenvalue weighted by Crippen LogP contribution is 2.31. The molecule has 1 aliphatic heterocycles. The van der Waals surface area contributed by atoms with Crippen molar-refractivity contribution < 1.29 is 18.7 Å². The lowest BCUT2D eigenvalue weighted by Gasteiger charge is -2.28. The molecule has 0 atom stereocenters. The van der Waals surface area contributed by atoms with Gasteiger partial charge in [0, 0.05) is 0 Å².